The van der Waals surface area contributed by atoms with Crippen LogP contribution in [0, 0.1) is 29.6 Å². The number of hydrogen-bond donors (Lipinski definition) is 2. The number of halogens is 1. The van der Waals surface area contributed by atoms with Gasteiger partial charge in [0.15, 0.2) is 6.61 Å². The van der Waals surface area contributed by atoms with Gasteiger partial charge in [-0.25, -0.2) is 0 Å². The number of amides is 3. The molecule has 2 saturated carbocycles. The summed E-state index contributed by atoms with van der Waals surface area (Å²) in [5.74, 6) is -0.706. The molecule has 4 aliphatic rings. The normalized spacial score (nSPS) is 26.8. The summed E-state index contributed by atoms with van der Waals surface area (Å²) in [6.45, 7) is -0.145. The van der Waals surface area contributed by atoms with Crippen LogP contribution in [0.15, 0.2) is 101 Å². The first-order valence-electron chi connectivity index (χ1n) is 15.9. The van der Waals surface area contributed by atoms with Crippen molar-refractivity contribution in [2.24, 2.45) is 29.6 Å². The van der Waals surface area contributed by atoms with Gasteiger partial charge in [-0.3, -0.25) is 24.1 Å². The van der Waals surface area contributed by atoms with E-state index in [1.165, 1.54) is 16.2 Å². The van der Waals surface area contributed by atoms with Gasteiger partial charge in [0.2, 0.25) is 11.8 Å². The molecule has 2 aliphatic heterocycles. The second kappa shape index (κ2) is 11.4. The van der Waals surface area contributed by atoms with Crippen LogP contribution in [-0.4, -0.2) is 34.6 Å². The Morgan fingerprint density at radius 2 is 1.62 bits per heavy atom. The fourth-order valence-corrected chi connectivity index (χ4v) is 11.6. The Bertz CT molecular complexity index is 2180. The quantitative estimate of drug-likeness (QED) is 0.187. The summed E-state index contributed by atoms with van der Waals surface area (Å²) in [5, 5.41) is 6.54. The maximum absolute atomic E-state index is 13.9. The zero-order valence-corrected chi connectivity index (χ0v) is 27.7. The van der Waals surface area contributed by atoms with Crippen molar-refractivity contribution in [2.75, 3.05) is 16.8 Å². The highest BCUT2D eigenvalue weighted by atomic mass is 35.5. The molecule has 9 rings (SSSR count). The molecule has 2 N–H and O–H groups in total. The van der Waals surface area contributed by atoms with Gasteiger partial charge >= 0.3 is 4.87 Å². The van der Waals surface area contributed by atoms with Crippen molar-refractivity contribution in [3.05, 3.63) is 116 Å². The highest BCUT2D eigenvalue weighted by Crippen LogP contribution is 2.68. The molecule has 240 valence electrons. The molecule has 0 spiro atoms. The van der Waals surface area contributed by atoms with Crippen LogP contribution in [-0.2, 0) is 14.4 Å². The van der Waals surface area contributed by atoms with Gasteiger partial charge in [-0.1, -0.05) is 65.4 Å². The Hall–Kier alpha value is -4.38. The van der Waals surface area contributed by atoms with Crippen molar-refractivity contribution >= 4 is 74.6 Å². The molecule has 3 heterocycles. The molecular weight excluding hydrogens is 666 g/mol. The summed E-state index contributed by atoms with van der Waals surface area (Å²) in [6.07, 6.45) is 0.812. The first-order chi connectivity index (χ1) is 23.3. The third-order valence-corrected chi connectivity index (χ3v) is 13.3. The molecule has 3 amide bonds. The lowest BCUT2D eigenvalue weighted by molar-refractivity contribution is -0.123. The number of ether oxygens (including phenoxy) is 1. The van der Waals surface area contributed by atoms with Gasteiger partial charge in [0.25, 0.3) is 5.91 Å². The predicted octanol–water partition coefficient (Wildman–Crippen LogP) is 6.94. The van der Waals surface area contributed by atoms with Crippen molar-refractivity contribution in [3.63, 3.8) is 0 Å². The van der Waals surface area contributed by atoms with Gasteiger partial charge < -0.3 is 15.0 Å². The van der Waals surface area contributed by atoms with Crippen LogP contribution >= 0.6 is 34.7 Å². The van der Waals surface area contributed by atoms with Crippen molar-refractivity contribution < 1.29 is 19.1 Å². The smallest absolute Gasteiger partial charge is 0.305 e. The van der Waals surface area contributed by atoms with Crippen LogP contribution in [0.3, 0.4) is 0 Å². The zero-order valence-electron chi connectivity index (χ0n) is 25.3. The lowest BCUT2D eigenvalue weighted by atomic mass is 9.68. The minimum Gasteiger partial charge on any atom is -0.484 e. The van der Waals surface area contributed by atoms with Crippen LogP contribution in [0.1, 0.15) is 22.8 Å². The van der Waals surface area contributed by atoms with E-state index in [1.54, 1.807) is 36.0 Å². The summed E-state index contributed by atoms with van der Waals surface area (Å²) in [4.78, 5) is 58.4. The second-order valence-corrected chi connectivity index (χ2v) is 15.6. The van der Waals surface area contributed by atoms with E-state index < -0.39 is 0 Å². The van der Waals surface area contributed by atoms with Gasteiger partial charge in [-0.2, -0.15) is 0 Å². The van der Waals surface area contributed by atoms with E-state index >= 15 is 0 Å². The monoisotopic (exact) mass is 693 g/mol. The molecule has 7 atom stereocenters. The molecule has 4 aromatic carbocycles. The number of thiazole rings is 1. The van der Waals surface area contributed by atoms with Crippen LogP contribution in [0.5, 0.6) is 5.75 Å². The van der Waals surface area contributed by atoms with Gasteiger partial charge in [-0.05, 0) is 89.0 Å². The van der Waals surface area contributed by atoms with E-state index in [-0.39, 0.29) is 70.0 Å². The molecule has 2 bridgehead atoms. The summed E-state index contributed by atoms with van der Waals surface area (Å²) in [6, 6.07) is 28.3. The number of benzene rings is 4. The van der Waals surface area contributed by atoms with Gasteiger partial charge in [0.05, 0.1) is 22.5 Å². The summed E-state index contributed by atoms with van der Waals surface area (Å²) in [7, 11) is 0. The van der Waals surface area contributed by atoms with Crippen molar-refractivity contribution in [1.82, 2.24) is 4.98 Å². The SMILES string of the molecule is O=C(COc1ccc([C@H]2c3sc(=O)[nH]c3SC3C4CC(C5C(=O)N(c6ccc(Cl)cc6)C(=O)C45)C32)cc1)Nc1ccc2ccccc2c1. The standard InChI is InChI=1S/C37H28ClN3O5S2/c38-21-8-11-23(12-9-21)41-35(43)30-25-16-26(31(30)36(41)44)32-29(25)28(33-34(47-32)40-37(45)48-33)19-6-13-24(14-7-19)46-17-27(42)39-22-10-5-18-3-1-2-4-20(18)15-22/h1-15,25-26,28-32H,16-17H2,(H,39,42)(H,40,45)/t25?,26?,28-,29?,30?,31?,32?/m1/s1. The Kier molecular flexibility index (Phi) is 7.04. The van der Waals surface area contributed by atoms with Crippen LogP contribution in [0.2, 0.25) is 5.02 Å². The number of aromatic amines is 1. The Morgan fingerprint density at radius 3 is 2.40 bits per heavy atom. The highest BCUT2D eigenvalue weighted by Gasteiger charge is 2.69. The third-order valence-electron chi connectivity index (χ3n) is 10.5. The number of rotatable bonds is 6. The number of anilines is 2. The van der Waals surface area contributed by atoms with E-state index in [9.17, 15) is 19.2 Å². The number of nitrogens with zero attached hydrogens (tertiary/aromatic N) is 1. The molecule has 1 saturated heterocycles. The van der Waals surface area contributed by atoms with E-state index in [0.717, 1.165) is 32.7 Å². The number of H-pyrrole nitrogens is 1. The van der Waals surface area contributed by atoms with Crippen molar-refractivity contribution in [2.45, 2.75) is 22.6 Å². The molecule has 8 nitrogen and oxygen atoms in total. The van der Waals surface area contributed by atoms with Gasteiger partial charge in [0.1, 0.15) is 5.75 Å². The number of nitrogens with one attached hydrogen (secondary N) is 2. The Labute approximate surface area is 288 Å². The number of thioether (sulfide) groups is 1. The Balaban J connectivity index is 0.955. The van der Waals surface area contributed by atoms with Gasteiger partial charge in [-0.15, -0.1) is 11.8 Å². The topological polar surface area (TPSA) is 109 Å². The molecule has 5 aromatic rings. The van der Waals surface area contributed by atoms with Crippen molar-refractivity contribution in [1.29, 1.82) is 0 Å². The lowest BCUT2D eigenvalue weighted by Gasteiger charge is -2.43. The third kappa shape index (κ3) is 4.72. The summed E-state index contributed by atoms with van der Waals surface area (Å²) in [5.41, 5.74) is 2.28. The molecule has 2 aliphatic carbocycles. The molecule has 3 fully saturated rings. The first kappa shape index (κ1) is 29.7. The lowest BCUT2D eigenvalue weighted by Crippen LogP contribution is -2.42. The van der Waals surface area contributed by atoms with E-state index in [0.29, 0.717) is 22.1 Å². The molecule has 0 radical (unpaired) electrons. The molecule has 1 aromatic heterocycles. The maximum atomic E-state index is 13.9. The second-order valence-electron chi connectivity index (χ2n) is 12.9. The number of carbonyl (C=O) groups excluding carboxylic acids is 3. The summed E-state index contributed by atoms with van der Waals surface area (Å²) >= 11 is 8.98. The average molecular weight is 694 g/mol. The minimum absolute atomic E-state index is 0.0105. The number of carbonyl (C=O) groups is 3. The zero-order chi connectivity index (χ0) is 32.7. The minimum atomic E-state index is -0.386. The molecule has 6 unspecified atom stereocenters. The summed E-state index contributed by atoms with van der Waals surface area (Å²) < 4.78 is 5.86. The Morgan fingerprint density at radius 1 is 0.896 bits per heavy atom. The van der Waals surface area contributed by atoms with Crippen LogP contribution in [0.25, 0.3) is 10.8 Å². The largest absolute Gasteiger partial charge is 0.484 e. The fraction of sp³-hybridized carbons (Fsp3) is 0.243. The molecule has 48 heavy (non-hydrogen) atoms. The van der Waals surface area contributed by atoms with Crippen LogP contribution < -0.4 is 19.8 Å². The highest BCUT2D eigenvalue weighted by molar-refractivity contribution is 8.00. The predicted molar refractivity (Wildman–Crippen MR) is 187 cm³/mol. The van der Waals surface area contributed by atoms with E-state index in [1.807, 2.05) is 66.7 Å². The number of hydrogen-bond acceptors (Lipinski definition) is 7. The fourth-order valence-electron chi connectivity index (χ4n) is 8.62. The number of fused-ring (bicyclic) bond motifs is 10. The molecular formula is C37H28ClN3O5S2. The first-order valence-corrected chi connectivity index (χ1v) is 18.0. The van der Waals surface area contributed by atoms with Crippen LogP contribution in [0.4, 0.5) is 11.4 Å². The maximum Gasteiger partial charge on any atom is 0.305 e. The van der Waals surface area contributed by atoms with Crippen molar-refractivity contribution in [3.8, 4) is 5.75 Å². The van der Waals surface area contributed by atoms with E-state index in [2.05, 4.69) is 10.3 Å². The average Bonchev–Trinajstić information content (AvgIpc) is 3.83. The van der Waals surface area contributed by atoms with Gasteiger partial charge in [0, 0.05) is 26.8 Å². The molecule has 11 heteroatoms. The number of imide groups is 1. The van der Waals surface area contributed by atoms with E-state index in [4.69, 9.17) is 16.3 Å². The number of aromatic nitrogens is 1.